The molecule has 3 rings (SSSR count). The average Bonchev–Trinajstić information content (AvgIpc) is 3.22. The number of benzene rings is 2. The van der Waals surface area contributed by atoms with Crippen LogP contribution in [-0.2, 0) is 11.3 Å². The minimum absolute atomic E-state index is 0.0493. The van der Waals surface area contributed by atoms with Crippen molar-refractivity contribution in [1.29, 1.82) is 0 Å². The molecule has 0 amide bonds. The molecule has 0 spiro atoms. The second-order valence-corrected chi connectivity index (χ2v) is 7.21. The highest BCUT2D eigenvalue weighted by atomic mass is 19.1. The second kappa shape index (κ2) is 10.5. The van der Waals surface area contributed by atoms with Gasteiger partial charge in [0.25, 0.3) is 0 Å². The summed E-state index contributed by atoms with van der Waals surface area (Å²) >= 11 is 0. The number of nitrogens with zero attached hydrogens (tertiary/aromatic N) is 1. The molecule has 2 unspecified atom stereocenters. The molecular formula is C22H27F2NO4. The van der Waals surface area contributed by atoms with Crippen molar-refractivity contribution < 1.29 is 28.1 Å². The average molecular weight is 407 g/mol. The topological polar surface area (TPSA) is 51.2 Å². The van der Waals surface area contributed by atoms with Crippen molar-refractivity contribution in [3.63, 3.8) is 0 Å². The number of hydrogen-bond donors (Lipinski definition) is 1. The number of aliphatic hydroxyl groups is 1. The molecule has 2 aromatic carbocycles. The Balaban J connectivity index is 1.58. The summed E-state index contributed by atoms with van der Waals surface area (Å²) in [6.45, 7) is 1.92. The Bertz CT molecular complexity index is 766. The van der Waals surface area contributed by atoms with E-state index in [0.29, 0.717) is 24.5 Å². The van der Waals surface area contributed by atoms with Crippen LogP contribution in [0.15, 0.2) is 42.5 Å². The molecule has 0 aromatic heterocycles. The summed E-state index contributed by atoms with van der Waals surface area (Å²) in [6.07, 6.45) is 1.20. The van der Waals surface area contributed by atoms with Crippen LogP contribution in [-0.4, -0.2) is 55.6 Å². The Morgan fingerprint density at radius 1 is 1.17 bits per heavy atom. The summed E-state index contributed by atoms with van der Waals surface area (Å²) in [6, 6.07) is 10.7. The van der Waals surface area contributed by atoms with Crippen LogP contribution in [0.3, 0.4) is 0 Å². The Kier molecular flexibility index (Phi) is 7.80. The van der Waals surface area contributed by atoms with E-state index in [1.807, 2.05) is 4.90 Å². The molecule has 1 aliphatic rings. The molecule has 0 radical (unpaired) electrons. The van der Waals surface area contributed by atoms with Crippen molar-refractivity contribution >= 4 is 0 Å². The molecule has 29 heavy (non-hydrogen) atoms. The maximum absolute atomic E-state index is 14.1. The molecule has 0 aliphatic carbocycles. The molecule has 2 atom stereocenters. The molecule has 1 N–H and O–H groups in total. The van der Waals surface area contributed by atoms with E-state index in [1.54, 1.807) is 31.4 Å². The van der Waals surface area contributed by atoms with Crippen molar-refractivity contribution in [2.75, 3.05) is 33.4 Å². The molecule has 2 aromatic rings. The lowest BCUT2D eigenvalue weighted by molar-refractivity contribution is 0.0309. The molecule has 0 bridgehead atoms. The number of methoxy groups -OCH3 is 1. The Morgan fingerprint density at radius 2 is 1.93 bits per heavy atom. The van der Waals surface area contributed by atoms with Crippen molar-refractivity contribution in [2.24, 2.45) is 0 Å². The van der Waals surface area contributed by atoms with Gasteiger partial charge in [-0.3, -0.25) is 4.90 Å². The summed E-state index contributed by atoms with van der Waals surface area (Å²) in [4.78, 5) is 1.92. The molecule has 1 saturated heterocycles. The first kappa shape index (κ1) is 21.5. The van der Waals surface area contributed by atoms with Crippen LogP contribution < -0.4 is 9.47 Å². The predicted molar refractivity (Wildman–Crippen MR) is 105 cm³/mol. The van der Waals surface area contributed by atoms with E-state index < -0.39 is 17.7 Å². The smallest absolute Gasteiger partial charge is 0.130 e. The monoisotopic (exact) mass is 407 g/mol. The number of hydrogen-bond acceptors (Lipinski definition) is 5. The predicted octanol–water partition coefficient (Wildman–Crippen LogP) is 3.39. The number of halogens is 2. The van der Waals surface area contributed by atoms with E-state index in [9.17, 15) is 13.9 Å². The molecule has 1 fully saturated rings. The van der Waals surface area contributed by atoms with E-state index in [-0.39, 0.29) is 25.8 Å². The first-order valence-electron chi connectivity index (χ1n) is 9.76. The van der Waals surface area contributed by atoms with Gasteiger partial charge in [-0.2, -0.15) is 0 Å². The quantitative estimate of drug-likeness (QED) is 0.654. The maximum Gasteiger partial charge on any atom is 0.130 e. The van der Waals surface area contributed by atoms with E-state index in [1.165, 1.54) is 12.1 Å². The van der Waals surface area contributed by atoms with Gasteiger partial charge in [0, 0.05) is 37.9 Å². The van der Waals surface area contributed by atoms with Gasteiger partial charge in [0.05, 0.1) is 13.2 Å². The minimum atomic E-state index is -0.776. The van der Waals surface area contributed by atoms with Gasteiger partial charge in [-0.1, -0.05) is 6.07 Å². The largest absolute Gasteiger partial charge is 0.497 e. The van der Waals surface area contributed by atoms with Crippen LogP contribution in [0.2, 0.25) is 0 Å². The van der Waals surface area contributed by atoms with Crippen LogP contribution in [0.1, 0.15) is 18.4 Å². The standard InChI is InChI=1S/C22H27F2NO4/c1-27-19-6-8-20(9-7-19)29-15-18(26)13-25(14-21-3-2-10-28-21)12-16-4-5-17(23)11-22(16)24/h4-9,11,18,21,26H,2-3,10,12-15H2,1H3. The lowest BCUT2D eigenvalue weighted by Gasteiger charge is -2.27. The highest BCUT2D eigenvalue weighted by Crippen LogP contribution is 2.19. The Labute approximate surface area is 169 Å². The number of rotatable bonds is 10. The summed E-state index contributed by atoms with van der Waals surface area (Å²) in [5.41, 5.74) is 0.382. The van der Waals surface area contributed by atoms with Crippen LogP contribution in [0, 0.1) is 11.6 Å². The molecule has 5 nitrogen and oxygen atoms in total. The molecular weight excluding hydrogens is 380 g/mol. The zero-order chi connectivity index (χ0) is 20.6. The van der Waals surface area contributed by atoms with Crippen molar-refractivity contribution in [3.8, 4) is 11.5 Å². The first-order chi connectivity index (χ1) is 14.0. The van der Waals surface area contributed by atoms with E-state index in [2.05, 4.69) is 0 Å². The maximum atomic E-state index is 14.1. The van der Waals surface area contributed by atoms with Gasteiger partial charge in [-0.15, -0.1) is 0 Å². The van der Waals surface area contributed by atoms with Crippen LogP contribution >= 0.6 is 0 Å². The molecule has 0 saturated carbocycles. The number of aliphatic hydroxyl groups excluding tert-OH is 1. The molecule has 7 heteroatoms. The van der Waals surface area contributed by atoms with Gasteiger partial charge >= 0.3 is 0 Å². The lowest BCUT2D eigenvalue weighted by Crippen LogP contribution is -2.39. The zero-order valence-corrected chi connectivity index (χ0v) is 16.5. The second-order valence-electron chi connectivity index (χ2n) is 7.21. The first-order valence-corrected chi connectivity index (χ1v) is 9.76. The van der Waals surface area contributed by atoms with Crippen molar-refractivity contribution in [1.82, 2.24) is 4.90 Å². The third-order valence-corrected chi connectivity index (χ3v) is 4.87. The van der Waals surface area contributed by atoms with E-state index >= 15 is 0 Å². The Morgan fingerprint density at radius 3 is 2.59 bits per heavy atom. The van der Waals surface area contributed by atoms with Gasteiger partial charge in [0.1, 0.15) is 35.8 Å². The summed E-state index contributed by atoms with van der Waals surface area (Å²) in [5, 5.41) is 10.5. The fourth-order valence-corrected chi connectivity index (χ4v) is 3.39. The van der Waals surface area contributed by atoms with Gasteiger partial charge in [0.15, 0.2) is 0 Å². The van der Waals surface area contributed by atoms with Gasteiger partial charge in [-0.25, -0.2) is 8.78 Å². The van der Waals surface area contributed by atoms with Crippen LogP contribution in [0.25, 0.3) is 0 Å². The van der Waals surface area contributed by atoms with E-state index in [0.717, 1.165) is 24.7 Å². The van der Waals surface area contributed by atoms with Crippen molar-refractivity contribution in [3.05, 3.63) is 59.7 Å². The number of ether oxygens (including phenoxy) is 3. The summed E-state index contributed by atoms with van der Waals surface area (Å²) < 4.78 is 43.7. The highest BCUT2D eigenvalue weighted by molar-refractivity contribution is 5.31. The van der Waals surface area contributed by atoms with Gasteiger partial charge in [-0.05, 0) is 43.2 Å². The fourth-order valence-electron chi connectivity index (χ4n) is 3.39. The lowest BCUT2D eigenvalue weighted by atomic mass is 10.1. The highest BCUT2D eigenvalue weighted by Gasteiger charge is 2.22. The third-order valence-electron chi connectivity index (χ3n) is 4.87. The summed E-state index contributed by atoms with van der Waals surface area (Å²) in [5.74, 6) is 0.151. The minimum Gasteiger partial charge on any atom is -0.497 e. The fraction of sp³-hybridized carbons (Fsp3) is 0.455. The Hall–Kier alpha value is -2.22. The molecule has 1 aliphatic heterocycles. The van der Waals surface area contributed by atoms with Gasteiger partial charge < -0.3 is 19.3 Å². The van der Waals surface area contributed by atoms with E-state index in [4.69, 9.17) is 14.2 Å². The van der Waals surface area contributed by atoms with Crippen LogP contribution in [0.4, 0.5) is 8.78 Å². The molecule has 158 valence electrons. The third kappa shape index (κ3) is 6.66. The SMILES string of the molecule is COc1ccc(OCC(O)CN(Cc2ccc(F)cc2F)CC2CCCO2)cc1. The zero-order valence-electron chi connectivity index (χ0n) is 16.5. The van der Waals surface area contributed by atoms with Gasteiger partial charge in [0.2, 0.25) is 0 Å². The normalized spacial score (nSPS) is 17.5. The van der Waals surface area contributed by atoms with Crippen LogP contribution in [0.5, 0.6) is 11.5 Å². The summed E-state index contributed by atoms with van der Waals surface area (Å²) in [7, 11) is 1.59. The van der Waals surface area contributed by atoms with Crippen molar-refractivity contribution in [2.45, 2.75) is 31.6 Å². The molecule has 1 heterocycles.